The zero-order chi connectivity index (χ0) is 30.9. The smallest absolute Gasteiger partial charge is 0.244 e. The third-order valence-corrected chi connectivity index (χ3v) is 8.18. The molecular formula is C32H41N3O6S. The first-order valence-electron chi connectivity index (χ1n) is 13.9. The molecule has 0 radical (unpaired) electrons. The second-order valence-corrected chi connectivity index (χ2v) is 12.2. The van der Waals surface area contributed by atoms with Crippen molar-refractivity contribution in [1.82, 2.24) is 10.2 Å². The Morgan fingerprint density at radius 1 is 0.905 bits per heavy atom. The van der Waals surface area contributed by atoms with Gasteiger partial charge in [-0.05, 0) is 43.5 Å². The van der Waals surface area contributed by atoms with E-state index in [1.165, 1.54) is 25.2 Å². The molecule has 3 aromatic carbocycles. The Bertz CT molecular complexity index is 1460. The number of carbonyl (C=O) groups excluding carboxylic acids is 2. The molecular weight excluding hydrogens is 554 g/mol. The van der Waals surface area contributed by atoms with Crippen LogP contribution in [0.15, 0.2) is 72.8 Å². The zero-order valence-corrected chi connectivity index (χ0v) is 26.0. The van der Waals surface area contributed by atoms with Crippen molar-refractivity contribution in [2.75, 3.05) is 31.3 Å². The lowest BCUT2D eigenvalue weighted by atomic mass is 10.0. The Balaban J connectivity index is 2.08. The van der Waals surface area contributed by atoms with E-state index >= 15 is 0 Å². The van der Waals surface area contributed by atoms with Gasteiger partial charge >= 0.3 is 0 Å². The highest BCUT2D eigenvalue weighted by Gasteiger charge is 2.33. The van der Waals surface area contributed by atoms with E-state index in [0.29, 0.717) is 11.5 Å². The van der Waals surface area contributed by atoms with Gasteiger partial charge in [-0.2, -0.15) is 0 Å². The summed E-state index contributed by atoms with van der Waals surface area (Å²) in [6.45, 7) is 5.44. The van der Waals surface area contributed by atoms with Crippen LogP contribution in [-0.4, -0.2) is 64.2 Å². The first-order valence-corrected chi connectivity index (χ1v) is 15.7. The molecule has 226 valence electrons. The van der Waals surface area contributed by atoms with Crippen LogP contribution in [0.3, 0.4) is 0 Å². The number of ether oxygens (including phenoxy) is 2. The van der Waals surface area contributed by atoms with E-state index in [-0.39, 0.29) is 30.6 Å². The van der Waals surface area contributed by atoms with Crippen molar-refractivity contribution >= 4 is 27.5 Å². The van der Waals surface area contributed by atoms with Crippen molar-refractivity contribution in [2.24, 2.45) is 0 Å². The Labute approximate surface area is 249 Å². The molecule has 42 heavy (non-hydrogen) atoms. The zero-order valence-electron chi connectivity index (χ0n) is 25.2. The summed E-state index contributed by atoms with van der Waals surface area (Å²) in [5, 5.41) is 3.03. The highest BCUT2D eigenvalue weighted by molar-refractivity contribution is 7.92. The molecule has 0 aromatic heterocycles. The number of hydrogen-bond donors (Lipinski definition) is 1. The molecule has 9 nitrogen and oxygen atoms in total. The van der Waals surface area contributed by atoms with E-state index in [0.717, 1.165) is 33.7 Å². The van der Waals surface area contributed by atoms with Crippen LogP contribution in [0.25, 0.3) is 0 Å². The number of hydrogen-bond acceptors (Lipinski definition) is 6. The standard InChI is InChI=1S/C32H41N3O6S/c1-7-24(3)33-32(37)28(19-25-13-9-8-10-14-25)34(21-26-15-11-12-23(2)18-26)31(36)22-35(42(6,38)39)27-16-17-29(40-4)30(20-27)41-5/h8-18,20,24,28H,7,19,21-22H2,1-6H3,(H,33,37)/t24-,28-/m0/s1. The SMILES string of the molecule is CC[C@H](C)NC(=O)[C@H](Cc1ccccc1)N(Cc1cccc(C)c1)C(=O)CN(c1ccc(OC)c(OC)c1)S(C)(=O)=O. The van der Waals surface area contributed by atoms with Gasteiger partial charge in [0.05, 0.1) is 26.2 Å². The molecule has 3 aromatic rings. The topological polar surface area (TPSA) is 105 Å². The Morgan fingerprint density at radius 3 is 2.17 bits per heavy atom. The summed E-state index contributed by atoms with van der Waals surface area (Å²) in [4.78, 5) is 29.5. The van der Waals surface area contributed by atoms with Crippen LogP contribution in [-0.2, 0) is 32.6 Å². The number of aryl methyl sites for hydroxylation is 1. The second kappa shape index (κ2) is 14.7. The molecule has 1 N–H and O–H groups in total. The van der Waals surface area contributed by atoms with Gasteiger partial charge in [0.15, 0.2) is 11.5 Å². The van der Waals surface area contributed by atoms with Gasteiger partial charge in [-0.15, -0.1) is 0 Å². The number of methoxy groups -OCH3 is 2. The van der Waals surface area contributed by atoms with E-state index in [1.807, 2.05) is 75.4 Å². The fourth-order valence-electron chi connectivity index (χ4n) is 4.60. The maximum Gasteiger partial charge on any atom is 0.244 e. The third-order valence-electron chi connectivity index (χ3n) is 7.04. The number of nitrogens with one attached hydrogen (secondary N) is 1. The van der Waals surface area contributed by atoms with Gasteiger partial charge in [0.2, 0.25) is 21.8 Å². The van der Waals surface area contributed by atoms with Gasteiger partial charge in [0, 0.05) is 25.1 Å². The van der Waals surface area contributed by atoms with Crippen LogP contribution < -0.4 is 19.1 Å². The van der Waals surface area contributed by atoms with Crippen molar-refractivity contribution in [2.45, 2.75) is 52.2 Å². The molecule has 0 aliphatic carbocycles. The lowest BCUT2D eigenvalue weighted by molar-refractivity contribution is -0.140. The summed E-state index contributed by atoms with van der Waals surface area (Å²) >= 11 is 0. The molecule has 2 amide bonds. The summed E-state index contributed by atoms with van der Waals surface area (Å²) < 4.78 is 37.7. The number of nitrogens with zero attached hydrogens (tertiary/aromatic N) is 2. The lowest BCUT2D eigenvalue weighted by Gasteiger charge is -2.34. The normalized spacial score (nSPS) is 12.6. The van der Waals surface area contributed by atoms with Gasteiger partial charge < -0.3 is 19.7 Å². The minimum Gasteiger partial charge on any atom is -0.493 e. The Morgan fingerprint density at radius 2 is 1.57 bits per heavy atom. The van der Waals surface area contributed by atoms with Crippen LogP contribution in [0, 0.1) is 6.92 Å². The van der Waals surface area contributed by atoms with Crippen molar-refractivity contribution in [3.8, 4) is 11.5 Å². The summed E-state index contributed by atoms with van der Waals surface area (Å²) in [7, 11) is -0.978. The van der Waals surface area contributed by atoms with Crippen LogP contribution >= 0.6 is 0 Å². The average Bonchev–Trinajstić information content (AvgIpc) is 2.97. The van der Waals surface area contributed by atoms with Crippen LogP contribution in [0.2, 0.25) is 0 Å². The predicted molar refractivity (Wildman–Crippen MR) is 165 cm³/mol. The number of benzene rings is 3. The molecule has 2 atom stereocenters. The number of rotatable bonds is 14. The van der Waals surface area contributed by atoms with Crippen LogP contribution in [0.4, 0.5) is 5.69 Å². The van der Waals surface area contributed by atoms with Crippen LogP contribution in [0.1, 0.15) is 37.0 Å². The number of anilines is 1. The summed E-state index contributed by atoms with van der Waals surface area (Å²) in [6.07, 6.45) is 2.02. The molecule has 0 fully saturated rings. The van der Waals surface area contributed by atoms with E-state index in [1.54, 1.807) is 12.1 Å². The number of sulfonamides is 1. The average molecular weight is 596 g/mol. The van der Waals surface area contributed by atoms with E-state index in [9.17, 15) is 18.0 Å². The van der Waals surface area contributed by atoms with Gasteiger partial charge in [0.25, 0.3) is 0 Å². The predicted octanol–water partition coefficient (Wildman–Crippen LogP) is 4.33. The van der Waals surface area contributed by atoms with E-state index in [2.05, 4.69) is 5.32 Å². The molecule has 10 heteroatoms. The van der Waals surface area contributed by atoms with Crippen molar-refractivity contribution in [1.29, 1.82) is 0 Å². The highest BCUT2D eigenvalue weighted by Crippen LogP contribution is 2.32. The summed E-state index contributed by atoms with van der Waals surface area (Å²) in [5.41, 5.74) is 2.95. The second-order valence-electron chi connectivity index (χ2n) is 10.3. The first kappa shape index (κ1) is 32.5. The highest BCUT2D eigenvalue weighted by atomic mass is 32.2. The molecule has 0 aliphatic heterocycles. The maximum absolute atomic E-state index is 14.2. The maximum atomic E-state index is 14.2. The van der Waals surface area contributed by atoms with Crippen molar-refractivity contribution < 1.29 is 27.5 Å². The van der Waals surface area contributed by atoms with E-state index < -0.39 is 28.5 Å². The first-order chi connectivity index (χ1) is 20.0. The quantitative estimate of drug-likeness (QED) is 0.298. The Hall–Kier alpha value is -4.05. The molecule has 0 bridgehead atoms. The Kier molecular flexibility index (Phi) is 11.4. The molecule has 0 unspecified atom stereocenters. The molecule has 0 saturated heterocycles. The molecule has 3 rings (SSSR count). The summed E-state index contributed by atoms with van der Waals surface area (Å²) in [5.74, 6) is -0.0717. The van der Waals surface area contributed by atoms with E-state index in [4.69, 9.17) is 9.47 Å². The third kappa shape index (κ3) is 8.72. The summed E-state index contributed by atoms with van der Waals surface area (Å²) in [6, 6.07) is 20.8. The number of carbonyl (C=O) groups is 2. The fourth-order valence-corrected chi connectivity index (χ4v) is 5.44. The van der Waals surface area contributed by atoms with Gasteiger partial charge in [-0.3, -0.25) is 13.9 Å². The minimum absolute atomic E-state index is 0.106. The lowest BCUT2D eigenvalue weighted by Crippen LogP contribution is -2.54. The minimum atomic E-state index is -3.91. The molecule has 0 spiro atoms. The van der Waals surface area contributed by atoms with Gasteiger partial charge in [0.1, 0.15) is 12.6 Å². The molecule has 0 heterocycles. The van der Waals surface area contributed by atoms with Crippen LogP contribution in [0.5, 0.6) is 11.5 Å². The van der Waals surface area contributed by atoms with Gasteiger partial charge in [-0.1, -0.05) is 67.1 Å². The van der Waals surface area contributed by atoms with Gasteiger partial charge in [-0.25, -0.2) is 8.42 Å². The number of amides is 2. The fraction of sp³-hybridized carbons (Fsp3) is 0.375. The van der Waals surface area contributed by atoms with Crippen molar-refractivity contribution in [3.63, 3.8) is 0 Å². The molecule has 0 aliphatic rings. The largest absolute Gasteiger partial charge is 0.493 e. The molecule has 0 saturated carbocycles. The van der Waals surface area contributed by atoms with Crippen molar-refractivity contribution in [3.05, 3.63) is 89.5 Å². The monoisotopic (exact) mass is 595 g/mol.